The molecule has 0 radical (unpaired) electrons. The van der Waals surface area contributed by atoms with Crippen molar-refractivity contribution in [3.05, 3.63) is 69.4 Å². The van der Waals surface area contributed by atoms with Crippen LogP contribution in [0.15, 0.2) is 54.6 Å². The normalized spacial score (nSPS) is 13.7. The SMILES string of the molecule is Cc1cc(Nc2ccc(NC(=O)c3ccccc3I)cc2)nc(N2CCOCC2)n1. The molecule has 3 aromatic rings. The molecule has 7 nitrogen and oxygen atoms in total. The van der Waals surface area contributed by atoms with Crippen molar-refractivity contribution in [2.75, 3.05) is 41.8 Å². The predicted molar refractivity (Wildman–Crippen MR) is 127 cm³/mol. The highest BCUT2D eigenvalue weighted by molar-refractivity contribution is 14.1. The van der Waals surface area contributed by atoms with E-state index in [1.54, 1.807) is 0 Å². The number of halogens is 1. The number of aromatic nitrogens is 2. The largest absolute Gasteiger partial charge is 0.378 e. The van der Waals surface area contributed by atoms with Crippen LogP contribution in [0.5, 0.6) is 0 Å². The van der Waals surface area contributed by atoms with Crippen LogP contribution in [-0.4, -0.2) is 42.2 Å². The molecule has 1 saturated heterocycles. The van der Waals surface area contributed by atoms with Crippen molar-refractivity contribution in [2.24, 2.45) is 0 Å². The number of carbonyl (C=O) groups is 1. The summed E-state index contributed by atoms with van der Waals surface area (Å²) < 4.78 is 6.33. The second-order valence-electron chi connectivity index (χ2n) is 6.93. The summed E-state index contributed by atoms with van der Waals surface area (Å²) >= 11 is 2.16. The van der Waals surface area contributed by atoms with Gasteiger partial charge in [0.2, 0.25) is 5.95 Å². The Hall–Kier alpha value is -2.72. The first-order chi connectivity index (χ1) is 14.6. The van der Waals surface area contributed by atoms with Crippen LogP contribution in [0.4, 0.5) is 23.1 Å². The molecule has 0 atom stereocenters. The summed E-state index contributed by atoms with van der Waals surface area (Å²) in [5.41, 5.74) is 3.18. The smallest absolute Gasteiger partial charge is 0.256 e. The van der Waals surface area contributed by atoms with Gasteiger partial charge in [0.05, 0.1) is 18.8 Å². The minimum Gasteiger partial charge on any atom is -0.378 e. The molecule has 2 heterocycles. The highest BCUT2D eigenvalue weighted by Crippen LogP contribution is 2.21. The van der Waals surface area contributed by atoms with Crippen molar-refractivity contribution in [1.29, 1.82) is 0 Å². The lowest BCUT2D eigenvalue weighted by Crippen LogP contribution is -2.37. The van der Waals surface area contributed by atoms with Gasteiger partial charge in [0.1, 0.15) is 5.82 Å². The number of amides is 1. The fraction of sp³-hybridized carbons (Fsp3) is 0.227. The third-order valence-corrected chi connectivity index (χ3v) is 5.61. The van der Waals surface area contributed by atoms with Crippen LogP contribution in [0.25, 0.3) is 0 Å². The summed E-state index contributed by atoms with van der Waals surface area (Å²) in [6.07, 6.45) is 0. The van der Waals surface area contributed by atoms with Crippen LogP contribution >= 0.6 is 22.6 Å². The lowest BCUT2D eigenvalue weighted by Gasteiger charge is -2.27. The van der Waals surface area contributed by atoms with E-state index in [-0.39, 0.29) is 5.91 Å². The van der Waals surface area contributed by atoms with Crippen LogP contribution in [0, 0.1) is 10.5 Å². The van der Waals surface area contributed by atoms with Gasteiger partial charge in [0.15, 0.2) is 0 Å². The van der Waals surface area contributed by atoms with Crippen LogP contribution in [-0.2, 0) is 4.74 Å². The van der Waals surface area contributed by atoms with Gasteiger partial charge < -0.3 is 20.3 Å². The van der Waals surface area contributed by atoms with Gasteiger partial charge in [-0.15, -0.1) is 0 Å². The number of hydrogen-bond acceptors (Lipinski definition) is 6. The Morgan fingerprint density at radius 2 is 1.73 bits per heavy atom. The van der Waals surface area contributed by atoms with E-state index in [1.165, 1.54) is 0 Å². The van der Waals surface area contributed by atoms with E-state index in [2.05, 4.69) is 48.1 Å². The Balaban J connectivity index is 1.44. The fourth-order valence-electron chi connectivity index (χ4n) is 3.15. The predicted octanol–water partition coefficient (Wildman–Crippen LogP) is 4.22. The van der Waals surface area contributed by atoms with Crippen LogP contribution in [0.3, 0.4) is 0 Å². The summed E-state index contributed by atoms with van der Waals surface area (Å²) in [5.74, 6) is 1.32. The first kappa shape index (κ1) is 20.5. The number of nitrogens with zero attached hydrogens (tertiary/aromatic N) is 3. The number of carbonyl (C=O) groups excluding carboxylic acids is 1. The fourth-order valence-corrected chi connectivity index (χ4v) is 3.78. The standard InChI is InChI=1S/C22H22IN5O2/c1-15-14-20(27-22(24-15)28-10-12-30-13-11-28)25-16-6-8-17(9-7-16)26-21(29)18-4-2-3-5-19(18)23/h2-9,14H,10-13H2,1H3,(H,26,29)(H,24,25,27). The Bertz CT molecular complexity index is 1040. The number of ether oxygens (including phenoxy) is 1. The van der Waals surface area contributed by atoms with Crippen LogP contribution < -0.4 is 15.5 Å². The third-order valence-electron chi connectivity index (χ3n) is 4.67. The highest BCUT2D eigenvalue weighted by Gasteiger charge is 2.15. The van der Waals surface area contributed by atoms with Gasteiger partial charge in [0.25, 0.3) is 5.91 Å². The highest BCUT2D eigenvalue weighted by atomic mass is 127. The second-order valence-corrected chi connectivity index (χ2v) is 8.09. The molecule has 0 saturated carbocycles. The van der Waals surface area contributed by atoms with Gasteiger partial charge in [-0.25, -0.2) is 4.98 Å². The molecule has 0 bridgehead atoms. The minimum atomic E-state index is -0.123. The molecule has 1 amide bonds. The average molecular weight is 515 g/mol. The zero-order chi connectivity index (χ0) is 20.9. The first-order valence-corrected chi connectivity index (χ1v) is 10.8. The maximum atomic E-state index is 12.5. The van der Waals surface area contributed by atoms with Crippen molar-refractivity contribution in [3.63, 3.8) is 0 Å². The molecule has 0 aliphatic carbocycles. The molecule has 2 aromatic carbocycles. The zero-order valence-electron chi connectivity index (χ0n) is 16.6. The molecule has 1 aliphatic rings. The molecular formula is C22H22IN5O2. The van der Waals surface area contributed by atoms with Crippen molar-refractivity contribution >= 4 is 51.6 Å². The van der Waals surface area contributed by atoms with E-state index in [0.29, 0.717) is 24.7 Å². The van der Waals surface area contributed by atoms with Crippen LogP contribution in [0.1, 0.15) is 16.1 Å². The van der Waals surface area contributed by atoms with E-state index >= 15 is 0 Å². The monoisotopic (exact) mass is 515 g/mol. The Kier molecular flexibility index (Phi) is 6.44. The number of aryl methyl sites for hydroxylation is 1. The number of benzene rings is 2. The molecule has 0 spiro atoms. The molecule has 2 N–H and O–H groups in total. The lowest BCUT2D eigenvalue weighted by atomic mass is 10.2. The van der Waals surface area contributed by atoms with Crippen LogP contribution in [0.2, 0.25) is 0 Å². The van der Waals surface area contributed by atoms with E-state index < -0.39 is 0 Å². The van der Waals surface area contributed by atoms with E-state index in [0.717, 1.165) is 39.5 Å². The number of nitrogens with one attached hydrogen (secondary N) is 2. The Morgan fingerprint density at radius 1 is 1.03 bits per heavy atom. The topological polar surface area (TPSA) is 79.4 Å². The summed E-state index contributed by atoms with van der Waals surface area (Å²) in [6.45, 7) is 4.92. The molecule has 154 valence electrons. The third kappa shape index (κ3) is 5.06. The number of morpholine rings is 1. The number of rotatable bonds is 5. The lowest BCUT2D eigenvalue weighted by molar-refractivity contribution is 0.102. The van der Waals surface area contributed by atoms with Gasteiger partial charge in [-0.1, -0.05) is 12.1 Å². The minimum absolute atomic E-state index is 0.123. The second kappa shape index (κ2) is 9.40. The molecule has 0 unspecified atom stereocenters. The molecule has 30 heavy (non-hydrogen) atoms. The molecule has 1 fully saturated rings. The van der Waals surface area contributed by atoms with E-state index in [9.17, 15) is 4.79 Å². The van der Waals surface area contributed by atoms with Crippen molar-refractivity contribution in [3.8, 4) is 0 Å². The first-order valence-electron chi connectivity index (χ1n) is 9.70. The quantitative estimate of drug-likeness (QED) is 0.496. The van der Waals surface area contributed by atoms with E-state index in [4.69, 9.17) is 4.74 Å². The molecule has 8 heteroatoms. The average Bonchev–Trinajstić information content (AvgIpc) is 2.75. The van der Waals surface area contributed by atoms with Gasteiger partial charge >= 0.3 is 0 Å². The Labute approximate surface area is 189 Å². The maximum absolute atomic E-state index is 12.5. The summed E-state index contributed by atoms with van der Waals surface area (Å²) in [5, 5.41) is 6.26. The van der Waals surface area contributed by atoms with Gasteiger partial charge in [-0.3, -0.25) is 4.79 Å². The zero-order valence-corrected chi connectivity index (χ0v) is 18.7. The number of hydrogen-bond donors (Lipinski definition) is 2. The molecule has 4 rings (SSSR count). The summed E-state index contributed by atoms with van der Waals surface area (Å²) in [7, 11) is 0. The Morgan fingerprint density at radius 3 is 2.47 bits per heavy atom. The molecule has 1 aliphatic heterocycles. The van der Waals surface area contributed by atoms with E-state index in [1.807, 2.05) is 61.5 Å². The van der Waals surface area contributed by atoms with Crippen molar-refractivity contribution in [2.45, 2.75) is 6.92 Å². The van der Waals surface area contributed by atoms with Gasteiger partial charge in [0, 0.05) is 39.8 Å². The van der Waals surface area contributed by atoms with Gasteiger partial charge in [-0.05, 0) is 65.9 Å². The summed E-state index contributed by atoms with van der Waals surface area (Å²) in [4.78, 5) is 23.8. The molecule has 1 aromatic heterocycles. The summed E-state index contributed by atoms with van der Waals surface area (Å²) in [6, 6.07) is 17.0. The number of anilines is 4. The van der Waals surface area contributed by atoms with Gasteiger partial charge in [-0.2, -0.15) is 4.98 Å². The van der Waals surface area contributed by atoms with Crippen molar-refractivity contribution in [1.82, 2.24) is 9.97 Å². The molecular weight excluding hydrogens is 493 g/mol. The van der Waals surface area contributed by atoms with Crippen molar-refractivity contribution < 1.29 is 9.53 Å². The maximum Gasteiger partial charge on any atom is 0.256 e.